The van der Waals surface area contributed by atoms with Gasteiger partial charge in [0.25, 0.3) is 0 Å². The Kier molecular flexibility index (Phi) is 4.08. The first-order valence-corrected chi connectivity index (χ1v) is 10.9. The van der Waals surface area contributed by atoms with E-state index < -0.39 is 0 Å². The van der Waals surface area contributed by atoms with Crippen molar-refractivity contribution in [2.24, 2.45) is 5.41 Å². The Bertz CT molecular complexity index is 1380. The second-order valence-electron chi connectivity index (χ2n) is 9.17. The summed E-state index contributed by atoms with van der Waals surface area (Å²) in [6.07, 6.45) is 2.94. The summed E-state index contributed by atoms with van der Waals surface area (Å²) in [5.41, 5.74) is 6.87. The zero-order valence-corrected chi connectivity index (χ0v) is 18.4. The highest BCUT2D eigenvalue weighted by molar-refractivity contribution is 7.20. The molecule has 0 fully saturated rings. The van der Waals surface area contributed by atoms with Crippen LogP contribution < -0.4 is 0 Å². The summed E-state index contributed by atoms with van der Waals surface area (Å²) in [7, 11) is 0. The van der Waals surface area contributed by atoms with E-state index in [1.807, 2.05) is 17.5 Å². The van der Waals surface area contributed by atoms with Crippen LogP contribution in [0.3, 0.4) is 0 Å². The number of rotatable bonds is 2. The molecule has 3 heteroatoms. The molecule has 0 radical (unpaired) electrons. The average Bonchev–Trinajstić information content (AvgIpc) is 3.18. The largest absolute Gasteiger partial charge is 0.454 e. The molecule has 0 unspecified atom stereocenters. The quantitative estimate of drug-likeness (QED) is 0.300. The predicted molar refractivity (Wildman–Crippen MR) is 125 cm³/mol. The number of para-hydroxylation sites is 1. The van der Waals surface area contributed by atoms with Crippen molar-refractivity contribution < 1.29 is 4.42 Å². The van der Waals surface area contributed by atoms with Crippen LogP contribution in [-0.2, 0) is 6.42 Å². The second-order valence-corrected chi connectivity index (χ2v) is 10.4. The van der Waals surface area contributed by atoms with Gasteiger partial charge in [-0.3, -0.25) is 4.98 Å². The van der Waals surface area contributed by atoms with E-state index in [0.29, 0.717) is 0 Å². The van der Waals surface area contributed by atoms with E-state index >= 15 is 0 Å². The first-order valence-electron chi connectivity index (χ1n) is 10.1. The Morgan fingerprint density at radius 3 is 2.48 bits per heavy atom. The van der Waals surface area contributed by atoms with Gasteiger partial charge in [0.1, 0.15) is 5.58 Å². The molecular formula is C26H25NOS. The number of aryl methyl sites for hydroxylation is 2. The maximum absolute atomic E-state index is 6.53. The number of pyridine rings is 1. The fourth-order valence-electron chi connectivity index (χ4n) is 4.20. The van der Waals surface area contributed by atoms with Gasteiger partial charge in [0.05, 0.1) is 10.4 Å². The molecule has 146 valence electrons. The first kappa shape index (κ1) is 18.4. The van der Waals surface area contributed by atoms with Crippen molar-refractivity contribution in [3.63, 3.8) is 0 Å². The summed E-state index contributed by atoms with van der Waals surface area (Å²) in [4.78, 5) is 6.03. The minimum atomic E-state index is 0.241. The molecule has 0 bridgehead atoms. The van der Waals surface area contributed by atoms with Gasteiger partial charge in [-0.05, 0) is 66.5 Å². The zero-order chi connectivity index (χ0) is 20.3. The van der Waals surface area contributed by atoms with Crippen LogP contribution in [0, 0.1) is 19.3 Å². The Morgan fingerprint density at radius 2 is 1.69 bits per heavy atom. The molecule has 0 N–H and O–H groups in total. The molecule has 3 aromatic heterocycles. The van der Waals surface area contributed by atoms with Gasteiger partial charge >= 0.3 is 0 Å². The monoisotopic (exact) mass is 399 g/mol. The van der Waals surface area contributed by atoms with Gasteiger partial charge in [0, 0.05) is 27.4 Å². The maximum atomic E-state index is 6.53. The van der Waals surface area contributed by atoms with Crippen molar-refractivity contribution in [3.05, 3.63) is 64.7 Å². The highest BCUT2D eigenvalue weighted by atomic mass is 32.1. The molecule has 0 atom stereocenters. The number of thiophene rings is 1. The van der Waals surface area contributed by atoms with Gasteiger partial charge in [-0.1, -0.05) is 39.0 Å². The van der Waals surface area contributed by atoms with Crippen LogP contribution in [-0.4, -0.2) is 4.98 Å². The number of aromatic nitrogens is 1. The number of hydrogen-bond acceptors (Lipinski definition) is 3. The third-order valence-corrected chi connectivity index (χ3v) is 6.87. The summed E-state index contributed by atoms with van der Waals surface area (Å²) in [6, 6.07) is 15.2. The average molecular weight is 400 g/mol. The van der Waals surface area contributed by atoms with Crippen LogP contribution in [0.1, 0.15) is 36.8 Å². The van der Waals surface area contributed by atoms with Crippen LogP contribution in [0.4, 0.5) is 0 Å². The molecule has 0 aliphatic heterocycles. The van der Waals surface area contributed by atoms with Crippen LogP contribution >= 0.6 is 11.3 Å². The molecule has 2 aromatic carbocycles. The molecule has 0 aliphatic rings. The lowest BCUT2D eigenvalue weighted by atomic mass is 9.88. The summed E-state index contributed by atoms with van der Waals surface area (Å²) in [5.74, 6) is 0. The lowest BCUT2D eigenvalue weighted by molar-refractivity contribution is 0.411. The fraction of sp³-hybridized carbons (Fsp3) is 0.269. The highest BCUT2D eigenvalue weighted by Gasteiger charge is 2.18. The molecular weight excluding hydrogens is 374 g/mol. The summed E-state index contributed by atoms with van der Waals surface area (Å²) in [6.45, 7) is 11.2. The normalized spacial score (nSPS) is 12.4. The minimum Gasteiger partial charge on any atom is -0.454 e. The summed E-state index contributed by atoms with van der Waals surface area (Å²) < 4.78 is 7.78. The van der Waals surface area contributed by atoms with Crippen LogP contribution in [0.2, 0.25) is 0 Å². The molecule has 0 amide bonds. The third kappa shape index (κ3) is 3.05. The SMILES string of the molecule is Cc1sc2c(ccc3c4cccc(-c5cc(CC(C)(C)C)ccn5)c4oc32)c1C. The van der Waals surface area contributed by atoms with E-state index in [4.69, 9.17) is 4.42 Å². The van der Waals surface area contributed by atoms with Crippen molar-refractivity contribution in [1.29, 1.82) is 0 Å². The molecule has 5 rings (SSSR count). The predicted octanol–water partition coefficient (Wildman–Crippen LogP) is 8.07. The van der Waals surface area contributed by atoms with Crippen molar-refractivity contribution in [3.8, 4) is 11.3 Å². The molecule has 29 heavy (non-hydrogen) atoms. The molecule has 0 saturated carbocycles. The van der Waals surface area contributed by atoms with Gasteiger partial charge in [0.15, 0.2) is 5.58 Å². The van der Waals surface area contributed by atoms with Gasteiger partial charge in [0.2, 0.25) is 0 Å². The molecule has 2 nitrogen and oxygen atoms in total. The molecule has 0 aliphatic carbocycles. The maximum Gasteiger partial charge on any atom is 0.153 e. The topological polar surface area (TPSA) is 26.0 Å². The fourth-order valence-corrected chi connectivity index (χ4v) is 5.34. The van der Waals surface area contributed by atoms with E-state index in [0.717, 1.165) is 34.2 Å². The molecule has 5 aromatic rings. The van der Waals surface area contributed by atoms with Gasteiger partial charge in [-0.15, -0.1) is 11.3 Å². The number of hydrogen-bond donors (Lipinski definition) is 0. The number of fused-ring (bicyclic) bond motifs is 5. The van der Waals surface area contributed by atoms with Gasteiger partial charge < -0.3 is 4.42 Å². The standard InChI is InChI=1S/C26H25NOS/c1-15-16(2)29-25-18(15)9-10-20-19-7-6-8-21(23(19)28-24(20)25)22-13-17(11-12-27-22)14-26(3,4)5/h6-13H,14H2,1-5H3. The second kappa shape index (κ2) is 6.43. The number of benzene rings is 2. The number of furan rings is 1. The van der Waals surface area contributed by atoms with E-state index in [-0.39, 0.29) is 5.41 Å². The summed E-state index contributed by atoms with van der Waals surface area (Å²) in [5, 5.41) is 3.64. The van der Waals surface area contributed by atoms with Crippen LogP contribution in [0.25, 0.3) is 43.3 Å². The van der Waals surface area contributed by atoms with Crippen molar-refractivity contribution >= 4 is 43.4 Å². The molecule has 0 saturated heterocycles. The van der Waals surface area contributed by atoms with E-state index in [1.54, 1.807) is 0 Å². The number of nitrogens with zero attached hydrogens (tertiary/aromatic N) is 1. The Balaban J connectivity index is 1.75. The smallest absolute Gasteiger partial charge is 0.153 e. The zero-order valence-electron chi connectivity index (χ0n) is 17.6. The van der Waals surface area contributed by atoms with Crippen LogP contribution in [0.15, 0.2) is 53.1 Å². The van der Waals surface area contributed by atoms with Crippen molar-refractivity contribution in [2.45, 2.75) is 41.0 Å². The van der Waals surface area contributed by atoms with Gasteiger partial charge in [-0.25, -0.2) is 0 Å². The Hall–Kier alpha value is -2.65. The highest BCUT2D eigenvalue weighted by Crippen LogP contribution is 2.42. The van der Waals surface area contributed by atoms with E-state index in [1.165, 1.54) is 31.5 Å². The van der Waals surface area contributed by atoms with Gasteiger partial charge in [-0.2, -0.15) is 0 Å². The van der Waals surface area contributed by atoms with Crippen LogP contribution in [0.5, 0.6) is 0 Å². The van der Waals surface area contributed by atoms with E-state index in [9.17, 15) is 0 Å². The minimum absolute atomic E-state index is 0.241. The third-order valence-electron chi connectivity index (χ3n) is 5.64. The lowest BCUT2D eigenvalue weighted by Crippen LogP contribution is -2.09. The Morgan fingerprint density at radius 1 is 0.931 bits per heavy atom. The molecule has 3 heterocycles. The van der Waals surface area contributed by atoms with Crippen molar-refractivity contribution in [2.75, 3.05) is 0 Å². The first-order chi connectivity index (χ1) is 13.8. The summed E-state index contributed by atoms with van der Waals surface area (Å²) >= 11 is 1.82. The van der Waals surface area contributed by atoms with E-state index in [2.05, 4.69) is 82.1 Å². The molecule has 0 spiro atoms. The van der Waals surface area contributed by atoms with Crippen molar-refractivity contribution in [1.82, 2.24) is 4.98 Å². The lowest BCUT2D eigenvalue weighted by Gasteiger charge is -2.18. The Labute approximate surface area is 175 Å².